The summed E-state index contributed by atoms with van der Waals surface area (Å²) < 4.78 is 0. The number of nitro groups is 1. The number of hydrogen-bond donors (Lipinski definition) is 2. The predicted molar refractivity (Wildman–Crippen MR) is 68.0 cm³/mol. The number of anilines is 1. The Balaban J connectivity index is 2.40. The van der Waals surface area contributed by atoms with Gasteiger partial charge >= 0.3 is 0 Å². The van der Waals surface area contributed by atoms with E-state index in [1.807, 2.05) is 6.07 Å². The molecule has 2 rings (SSSR count). The highest BCUT2D eigenvalue weighted by atomic mass is 16.6. The van der Waals surface area contributed by atoms with Crippen LogP contribution in [-0.2, 0) is 0 Å². The lowest BCUT2D eigenvalue weighted by molar-refractivity contribution is -0.384. The van der Waals surface area contributed by atoms with E-state index in [9.17, 15) is 15.2 Å². The van der Waals surface area contributed by atoms with Crippen LogP contribution >= 0.6 is 0 Å². The smallest absolute Gasteiger partial charge is 0.292 e. The molecule has 2 aromatic rings. The van der Waals surface area contributed by atoms with Crippen molar-refractivity contribution in [1.82, 2.24) is 0 Å². The minimum atomic E-state index is -0.898. The first-order chi connectivity index (χ1) is 8.59. The molecular formula is C13H12N2O3. The van der Waals surface area contributed by atoms with Gasteiger partial charge < -0.3 is 10.8 Å². The molecule has 0 bridgehead atoms. The lowest BCUT2D eigenvalue weighted by Gasteiger charge is -2.11. The van der Waals surface area contributed by atoms with Gasteiger partial charge in [0.05, 0.1) is 4.92 Å². The number of nitrogens with two attached hydrogens (primary N) is 1. The van der Waals surface area contributed by atoms with E-state index in [0.29, 0.717) is 11.1 Å². The molecule has 0 fully saturated rings. The standard InChI is InChI=1S/C13H12N2O3/c14-11-7-6-10(8-12(11)15(17)18)13(16)9-4-2-1-3-5-9/h1-8,13,16H,14H2/t13-/m1/s1. The molecule has 92 valence electrons. The van der Waals surface area contributed by atoms with E-state index in [1.54, 1.807) is 30.3 Å². The van der Waals surface area contributed by atoms with Crippen LogP contribution < -0.4 is 5.73 Å². The number of nitrogen functional groups attached to an aromatic ring is 1. The maximum Gasteiger partial charge on any atom is 0.292 e. The SMILES string of the molecule is Nc1ccc([C@H](O)c2ccccc2)cc1[N+](=O)[O-]. The van der Waals surface area contributed by atoms with Gasteiger partial charge in [-0.05, 0) is 17.2 Å². The van der Waals surface area contributed by atoms with Gasteiger partial charge in [0.1, 0.15) is 11.8 Å². The molecule has 0 aliphatic carbocycles. The van der Waals surface area contributed by atoms with E-state index in [1.165, 1.54) is 12.1 Å². The van der Waals surface area contributed by atoms with Crippen LogP contribution in [-0.4, -0.2) is 10.0 Å². The minimum absolute atomic E-state index is 0.0870. The first kappa shape index (κ1) is 12.1. The van der Waals surface area contributed by atoms with Crippen LogP contribution in [0, 0.1) is 10.1 Å². The normalized spacial score (nSPS) is 12.1. The average Bonchev–Trinajstić information content (AvgIpc) is 2.39. The molecule has 0 radical (unpaired) electrons. The second-order valence-electron chi connectivity index (χ2n) is 3.89. The van der Waals surface area contributed by atoms with Crippen molar-refractivity contribution < 1.29 is 10.0 Å². The van der Waals surface area contributed by atoms with Crippen molar-refractivity contribution in [2.45, 2.75) is 6.10 Å². The molecule has 0 aliphatic rings. The summed E-state index contributed by atoms with van der Waals surface area (Å²) in [6, 6.07) is 13.3. The highest BCUT2D eigenvalue weighted by Crippen LogP contribution is 2.28. The fraction of sp³-hybridized carbons (Fsp3) is 0.0769. The second-order valence-corrected chi connectivity index (χ2v) is 3.89. The van der Waals surface area contributed by atoms with Crippen molar-refractivity contribution >= 4 is 11.4 Å². The number of nitrogens with zero attached hydrogens (tertiary/aromatic N) is 1. The van der Waals surface area contributed by atoms with Gasteiger partial charge in [-0.3, -0.25) is 10.1 Å². The number of rotatable bonds is 3. The minimum Gasteiger partial charge on any atom is -0.393 e. The zero-order chi connectivity index (χ0) is 13.1. The van der Waals surface area contributed by atoms with Crippen LogP contribution in [0.2, 0.25) is 0 Å². The van der Waals surface area contributed by atoms with E-state index in [-0.39, 0.29) is 11.4 Å². The number of aliphatic hydroxyl groups excluding tert-OH is 1. The Morgan fingerprint density at radius 2 is 1.78 bits per heavy atom. The molecule has 5 heteroatoms. The van der Waals surface area contributed by atoms with E-state index < -0.39 is 11.0 Å². The molecule has 0 unspecified atom stereocenters. The van der Waals surface area contributed by atoms with Gasteiger partial charge in [-0.15, -0.1) is 0 Å². The summed E-state index contributed by atoms with van der Waals surface area (Å²) in [7, 11) is 0. The molecule has 5 nitrogen and oxygen atoms in total. The second kappa shape index (κ2) is 4.85. The molecule has 18 heavy (non-hydrogen) atoms. The molecule has 0 saturated carbocycles. The zero-order valence-electron chi connectivity index (χ0n) is 9.48. The van der Waals surface area contributed by atoms with E-state index in [0.717, 1.165) is 0 Å². The van der Waals surface area contributed by atoms with Crippen molar-refractivity contribution in [3.63, 3.8) is 0 Å². The van der Waals surface area contributed by atoms with Crippen LogP contribution in [0.15, 0.2) is 48.5 Å². The monoisotopic (exact) mass is 244 g/mol. The third-order valence-electron chi connectivity index (χ3n) is 2.68. The van der Waals surface area contributed by atoms with Crippen molar-refractivity contribution in [3.05, 3.63) is 69.8 Å². The first-order valence-electron chi connectivity index (χ1n) is 5.36. The van der Waals surface area contributed by atoms with Crippen molar-refractivity contribution in [3.8, 4) is 0 Å². The van der Waals surface area contributed by atoms with Gasteiger partial charge in [0.25, 0.3) is 5.69 Å². The van der Waals surface area contributed by atoms with Crippen LogP contribution in [0.1, 0.15) is 17.2 Å². The van der Waals surface area contributed by atoms with Gasteiger partial charge in [0.15, 0.2) is 0 Å². The van der Waals surface area contributed by atoms with E-state index >= 15 is 0 Å². The Kier molecular flexibility index (Phi) is 3.25. The van der Waals surface area contributed by atoms with E-state index in [4.69, 9.17) is 5.73 Å². The molecule has 2 aromatic carbocycles. The fourth-order valence-electron chi connectivity index (χ4n) is 1.72. The largest absolute Gasteiger partial charge is 0.393 e. The summed E-state index contributed by atoms with van der Waals surface area (Å²) >= 11 is 0. The summed E-state index contributed by atoms with van der Waals surface area (Å²) in [5, 5.41) is 20.9. The van der Waals surface area contributed by atoms with Crippen LogP contribution in [0.4, 0.5) is 11.4 Å². The summed E-state index contributed by atoms with van der Waals surface area (Å²) in [4.78, 5) is 10.2. The molecule has 0 spiro atoms. The molecule has 3 N–H and O–H groups in total. The predicted octanol–water partition coefficient (Wildman–Crippen LogP) is 2.26. The van der Waals surface area contributed by atoms with Crippen LogP contribution in [0.5, 0.6) is 0 Å². The third kappa shape index (κ3) is 2.31. The van der Waals surface area contributed by atoms with Gasteiger partial charge in [-0.2, -0.15) is 0 Å². The summed E-state index contributed by atoms with van der Waals surface area (Å²) in [5.74, 6) is 0. The topological polar surface area (TPSA) is 89.4 Å². The lowest BCUT2D eigenvalue weighted by Crippen LogP contribution is -2.02. The Hall–Kier alpha value is -2.40. The van der Waals surface area contributed by atoms with E-state index in [2.05, 4.69) is 0 Å². The maximum atomic E-state index is 10.8. The maximum absolute atomic E-state index is 10.8. The quantitative estimate of drug-likeness (QED) is 0.492. The molecule has 0 aromatic heterocycles. The van der Waals surface area contributed by atoms with Crippen molar-refractivity contribution in [1.29, 1.82) is 0 Å². The zero-order valence-corrected chi connectivity index (χ0v) is 9.48. The number of hydrogen-bond acceptors (Lipinski definition) is 4. The molecule has 0 amide bonds. The van der Waals surface area contributed by atoms with Gasteiger partial charge in [-0.25, -0.2) is 0 Å². The first-order valence-corrected chi connectivity index (χ1v) is 5.36. The molecule has 0 heterocycles. The summed E-state index contributed by atoms with van der Waals surface area (Å²) in [6.07, 6.45) is -0.898. The molecule has 0 saturated heterocycles. The molecular weight excluding hydrogens is 232 g/mol. The van der Waals surface area contributed by atoms with Gasteiger partial charge in [0.2, 0.25) is 0 Å². The number of benzene rings is 2. The van der Waals surface area contributed by atoms with Gasteiger partial charge in [0, 0.05) is 6.07 Å². The number of nitro benzene ring substituents is 1. The Bertz CT molecular complexity index is 570. The fourth-order valence-corrected chi connectivity index (χ4v) is 1.72. The average molecular weight is 244 g/mol. The summed E-state index contributed by atoms with van der Waals surface area (Å²) in [5.41, 5.74) is 6.52. The van der Waals surface area contributed by atoms with Crippen molar-refractivity contribution in [2.75, 3.05) is 5.73 Å². The Labute approximate surface area is 104 Å². The molecule has 1 atom stereocenters. The third-order valence-corrected chi connectivity index (χ3v) is 2.68. The highest BCUT2D eigenvalue weighted by Gasteiger charge is 2.16. The Morgan fingerprint density at radius 1 is 1.11 bits per heavy atom. The lowest BCUT2D eigenvalue weighted by atomic mass is 10.0. The highest BCUT2D eigenvalue weighted by molar-refractivity contribution is 5.59. The Morgan fingerprint density at radius 3 is 2.39 bits per heavy atom. The van der Waals surface area contributed by atoms with Crippen LogP contribution in [0.3, 0.4) is 0 Å². The van der Waals surface area contributed by atoms with Crippen LogP contribution in [0.25, 0.3) is 0 Å². The van der Waals surface area contributed by atoms with Gasteiger partial charge in [-0.1, -0.05) is 36.4 Å². The molecule has 0 aliphatic heterocycles. The van der Waals surface area contributed by atoms with Crippen molar-refractivity contribution in [2.24, 2.45) is 0 Å². The summed E-state index contributed by atoms with van der Waals surface area (Å²) in [6.45, 7) is 0. The number of aliphatic hydroxyl groups is 1.